The normalized spacial score (nSPS) is 19.1. The van der Waals surface area contributed by atoms with Crippen LogP contribution >= 0.6 is 0 Å². The Bertz CT molecular complexity index is 1000. The number of benzene rings is 1. The molecule has 3 heterocycles. The number of halogens is 3. The van der Waals surface area contributed by atoms with Gasteiger partial charge in [0.1, 0.15) is 5.60 Å². The summed E-state index contributed by atoms with van der Waals surface area (Å²) >= 11 is 0. The maximum absolute atomic E-state index is 13.5. The van der Waals surface area contributed by atoms with E-state index < -0.39 is 23.4 Å². The average Bonchev–Trinajstić information content (AvgIpc) is 2.88. The summed E-state index contributed by atoms with van der Waals surface area (Å²) in [5.41, 5.74) is 1.68. The maximum atomic E-state index is 13.5. The van der Waals surface area contributed by atoms with Crippen molar-refractivity contribution < 1.29 is 22.7 Å². The Kier molecular flexibility index (Phi) is 5.81. The summed E-state index contributed by atoms with van der Waals surface area (Å²) < 4.78 is 46.1. The lowest BCUT2D eigenvalue weighted by Crippen LogP contribution is -2.50. The van der Waals surface area contributed by atoms with Gasteiger partial charge in [0, 0.05) is 25.0 Å². The number of pyridine rings is 1. The third kappa shape index (κ3) is 4.69. The summed E-state index contributed by atoms with van der Waals surface area (Å²) in [5, 5.41) is 0. The zero-order valence-corrected chi connectivity index (χ0v) is 18.6. The highest BCUT2D eigenvalue weighted by Crippen LogP contribution is 2.41. The van der Waals surface area contributed by atoms with E-state index in [9.17, 15) is 18.0 Å². The molecule has 1 unspecified atom stereocenters. The van der Waals surface area contributed by atoms with Gasteiger partial charge in [-0.3, -0.25) is 4.98 Å². The Morgan fingerprint density at radius 3 is 2.59 bits per heavy atom. The first-order valence-corrected chi connectivity index (χ1v) is 10.9. The Labute approximate surface area is 186 Å². The van der Waals surface area contributed by atoms with Gasteiger partial charge in [0.15, 0.2) is 0 Å². The zero-order valence-electron chi connectivity index (χ0n) is 18.6. The fraction of sp³-hybridized carbons (Fsp3) is 0.500. The third-order valence-electron chi connectivity index (χ3n) is 5.83. The summed E-state index contributed by atoms with van der Waals surface area (Å²) in [4.78, 5) is 20.5. The predicted octanol–water partition coefficient (Wildman–Crippen LogP) is 5.74. The van der Waals surface area contributed by atoms with Crippen LogP contribution in [0.5, 0.6) is 0 Å². The largest absolute Gasteiger partial charge is 0.444 e. The number of likely N-dealkylation sites (tertiary alicyclic amines) is 1. The number of nitrogens with zero attached hydrogens (tertiary/aromatic N) is 3. The summed E-state index contributed by atoms with van der Waals surface area (Å²) in [6, 6.07) is 8.81. The standard InChI is InChI=1S/C24H28F3N3O2/c1-23(2,3)32-22(31)29-12-6-8-18(15-29)30-20-9-5-4-7-16(20)10-11-19-21(30)13-17(14-28-19)24(25,26)27/h4-5,7,9,13-14,18H,6,8,10-12,15H2,1-3H3. The molecule has 1 aromatic heterocycles. The Morgan fingerprint density at radius 2 is 1.88 bits per heavy atom. The Balaban J connectivity index is 1.74. The molecule has 1 saturated heterocycles. The number of fused-ring (bicyclic) bond motifs is 2. The molecule has 1 aromatic carbocycles. The molecule has 0 aliphatic carbocycles. The molecule has 2 aliphatic rings. The zero-order chi connectivity index (χ0) is 23.1. The quantitative estimate of drug-likeness (QED) is 0.560. The first-order chi connectivity index (χ1) is 15.0. The van der Waals surface area contributed by atoms with E-state index in [1.807, 2.05) is 49.9 Å². The van der Waals surface area contributed by atoms with Gasteiger partial charge in [0.25, 0.3) is 0 Å². The van der Waals surface area contributed by atoms with Crippen molar-refractivity contribution in [3.05, 3.63) is 53.3 Å². The number of rotatable bonds is 1. The van der Waals surface area contributed by atoms with Gasteiger partial charge < -0.3 is 14.5 Å². The van der Waals surface area contributed by atoms with Crippen LogP contribution in [0.3, 0.4) is 0 Å². The van der Waals surface area contributed by atoms with E-state index in [0.717, 1.165) is 30.3 Å². The minimum absolute atomic E-state index is 0.181. The van der Waals surface area contributed by atoms with Crippen LogP contribution in [0.15, 0.2) is 36.5 Å². The molecule has 2 aliphatic heterocycles. The second-order valence-corrected chi connectivity index (χ2v) is 9.41. The Morgan fingerprint density at radius 1 is 1.12 bits per heavy atom. The van der Waals surface area contributed by atoms with Gasteiger partial charge in [-0.2, -0.15) is 13.2 Å². The number of aromatic nitrogens is 1. The van der Waals surface area contributed by atoms with E-state index in [4.69, 9.17) is 4.74 Å². The van der Waals surface area contributed by atoms with Gasteiger partial charge in [-0.25, -0.2) is 4.79 Å². The topological polar surface area (TPSA) is 45.7 Å². The monoisotopic (exact) mass is 447 g/mol. The van der Waals surface area contributed by atoms with E-state index in [0.29, 0.717) is 37.3 Å². The number of anilines is 2. The van der Waals surface area contributed by atoms with Gasteiger partial charge in [-0.15, -0.1) is 0 Å². The van der Waals surface area contributed by atoms with Crippen LogP contribution in [0.2, 0.25) is 0 Å². The fourth-order valence-electron chi connectivity index (χ4n) is 4.43. The highest BCUT2D eigenvalue weighted by Gasteiger charge is 2.37. The highest BCUT2D eigenvalue weighted by molar-refractivity contribution is 5.73. The minimum Gasteiger partial charge on any atom is -0.444 e. The number of hydrogen-bond donors (Lipinski definition) is 0. The van der Waals surface area contributed by atoms with Crippen molar-refractivity contribution >= 4 is 17.5 Å². The number of aryl methyl sites for hydroxylation is 2. The molecule has 0 radical (unpaired) electrons. The molecular weight excluding hydrogens is 419 g/mol. The van der Waals surface area contributed by atoms with Gasteiger partial charge in [0.2, 0.25) is 0 Å². The minimum atomic E-state index is -4.48. The van der Waals surface area contributed by atoms with Crippen molar-refractivity contribution in [2.75, 3.05) is 18.0 Å². The smallest absolute Gasteiger partial charge is 0.417 e. The van der Waals surface area contributed by atoms with Crippen LogP contribution in [0.25, 0.3) is 0 Å². The lowest BCUT2D eigenvalue weighted by Gasteiger charge is -2.41. The van der Waals surface area contributed by atoms with Crippen LogP contribution in [0, 0.1) is 0 Å². The summed E-state index contributed by atoms with van der Waals surface area (Å²) in [6.07, 6.45) is -1.21. The highest BCUT2D eigenvalue weighted by atomic mass is 19.4. The summed E-state index contributed by atoms with van der Waals surface area (Å²) in [6.45, 7) is 6.39. The van der Waals surface area contributed by atoms with Crippen LogP contribution in [-0.4, -0.2) is 40.7 Å². The molecule has 1 atom stereocenters. The summed E-state index contributed by atoms with van der Waals surface area (Å²) in [7, 11) is 0. The van der Waals surface area contributed by atoms with Crippen LogP contribution in [-0.2, 0) is 23.8 Å². The average molecular weight is 448 g/mol. The number of alkyl halides is 3. The van der Waals surface area contributed by atoms with Crippen LogP contribution in [0.4, 0.5) is 29.3 Å². The SMILES string of the molecule is CC(C)(C)OC(=O)N1CCCC(N2c3ccccc3CCc3ncc(C(F)(F)F)cc32)C1. The molecule has 1 amide bonds. The molecule has 0 bridgehead atoms. The van der Waals surface area contributed by atoms with E-state index in [2.05, 4.69) is 4.98 Å². The predicted molar refractivity (Wildman–Crippen MR) is 116 cm³/mol. The second-order valence-electron chi connectivity index (χ2n) is 9.41. The van der Waals surface area contributed by atoms with E-state index in [1.54, 1.807) is 4.90 Å². The maximum Gasteiger partial charge on any atom is 0.417 e. The lowest BCUT2D eigenvalue weighted by molar-refractivity contribution is -0.137. The number of carbonyl (C=O) groups excluding carboxylic acids is 1. The molecule has 32 heavy (non-hydrogen) atoms. The molecule has 8 heteroatoms. The number of hydrogen-bond acceptors (Lipinski definition) is 4. The molecule has 1 fully saturated rings. The van der Waals surface area contributed by atoms with Crippen molar-refractivity contribution in [2.24, 2.45) is 0 Å². The first-order valence-electron chi connectivity index (χ1n) is 10.9. The lowest BCUT2D eigenvalue weighted by atomic mass is 10.0. The number of carbonyl (C=O) groups is 1. The van der Waals surface area contributed by atoms with Crippen molar-refractivity contribution in [2.45, 2.75) is 64.3 Å². The number of ether oxygens (including phenoxy) is 1. The number of amides is 1. The molecule has 0 N–H and O–H groups in total. The van der Waals surface area contributed by atoms with Crippen molar-refractivity contribution in [1.29, 1.82) is 0 Å². The van der Waals surface area contributed by atoms with Crippen molar-refractivity contribution in [3.8, 4) is 0 Å². The fourth-order valence-corrected chi connectivity index (χ4v) is 4.43. The van der Waals surface area contributed by atoms with Crippen molar-refractivity contribution in [1.82, 2.24) is 9.88 Å². The molecule has 172 valence electrons. The molecule has 2 aromatic rings. The van der Waals surface area contributed by atoms with Crippen LogP contribution in [0.1, 0.15) is 50.4 Å². The second kappa shape index (κ2) is 8.30. The van der Waals surface area contributed by atoms with Gasteiger partial charge in [-0.1, -0.05) is 18.2 Å². The molecule has 0 spiro atoms. The number of piperidine rings is 1. The Hall–Kier alpha value is -2.77. The van der Waals surface area contributed by atoms with Crippen molar-refractivity contribution in [3.63, 3.8) is 0 Å². The molecule has 5 nitrogen and oxygen atoms in total. The van der Waals surface area contributed by atoms with Gasteiger partial charge in [-0.05, 0) is 64.2 Å². The molecule has 4 rings (SSSR count). The molecule has 0 saturated carbocycles. The van der Waals surface area contributed by atoms with E-state index in [1.165, 1.54) is 6.07 Å². The number of para-hydroxylation sites is 1. The van der Waals surface area contributed by atoms with Crippen LogP contribution < -0.4 is 4.90 Å². The molecular formula is C24H28F3N3O2. The third-order valence-corrected chi connectivity index (χ3v) is 5.83. The van der Waals surface area contributed by atoms with Gasteiger partial charge in [0.05, 0.1) is 23.0 Å². The summed E-state index contributed by atoms with van der Waals surface area (Å²) in [5.74, 6) is 0. The van der Waals surface area contributed by atoms with E-state index in [-0.39, 0.29) is 6.04 Å². The first kappa shape index (κ1) is 22.4. The van der Waals surface area contributed by atoms with Gasteiger partial charge >= 0.3 is 12.3 Å². The van der Waals surface area contributed by atoms with E-state index >= 15 is 0 Å².